The maximum atomic E-state index is 12.8. The summed E-state index contributed by atoms with van der Waals surface area (Å²) in [5, 5.41) is 17.6. The summed E-state index contributed by atoms with van der Waals surface area (Å²) in [7, 11) is -3.17. The van der Waals surface area contributed by atoms with E-state index in [9.17, 15) is 18.5 Å². The van der Waals surface area contributed by atoms with Crippen LogP contribution < -0.4 is 10.1 Å². The number of amides is 1. The Bertz CT molecular complexity index is 1460. The number of benzene rings is 2. The molecule has 37 heavy (non-hydrogen) atoms. The van der Waals surface area contributed by atoms with Gasteiger partial charge in [0.15, 0.2) is 9.84 Å². The first-order chi connectivity index (χ1) is 17.8. The van der Waals surface area contributed by atoms with Crippen molar-refractivity contribution >= 4 is 33.4 Å². The molecule has 3 aromatic rings. The van der Waals surface area contributed by atoms with E-state index in [0.29, 0.717) is 40.6 Å². The smallest absolute Gasteiger partial charge is 0.262 e. The zero-order chi connectivity index (χ0) is 26.4. The number of nitriles is 1. The summed E-state index contributed by atoms with van der Waals surface area (Å²) in [4.78, 5) is 12.8. The van der Waals surface area contributed by atoms with Crippen LogP contribution in [0.3, 0.4) is 0 Å². The summed E-state index contributed by atoms with van der Waals surface area (Å²) in [5.74, 6) is -0.154. The predicted molar refractivity (Wildman–Crippen MR) is 143 cm³/mol. The topological polar surface area (TPSA) is 114 Å². The van der Waals surface area contributed by atoms with Crippen LogP contribution in [0.1, 0.15) is 31.7 Å². The summed E-state index contributed by atoms with van der Waals surface area (Å²) < 4.78 is 30.9. The standard InChI is InChI=1S/C27H27ClN4O4S/c1-2-3-12-36-25-10-9-19(15-24(25)28)26-21(17-32(31-26)23-7-5-4-6-8-23)14-20(16-29)27(33)30-22-11-13-37(34,35)18-22/h4-10,14-15,17,22H,2-3,11-13,18H2,1H3,(H,30,33). The average Bonchev–Trinajstić information content (AvgIpc) is 3.46. The van der Waals surface area contributed by atoms with Crippen LogP contribution >= 0.6 is 11.6 Å². The number of para-hydroxylation sites is 1. The van der Waals surface area contributed by atoms with Crippen molar-refractivity contribution in [2.75, 3.05) is 18.1 Å². The van der Waals surface area contributed by atoms with Crippen LogP contribution in [-0.2, 0) is 14.6 Å². The molecule has 10 heteroatoms. The van der Waals surface area contributed by atoms with Gasteiger partial charge in [-0.25, -0.2) is 13.1 Å². The lowest BCUT2D eigenvalue weighted by Crippen LogP contribution is -2.36. The Morgan fingerprint density at radius 3 is 2.73 bits per heavy atom. The number of rotatable bonds is 9. The van der Waals surface area contributed by atoms with Gasteiger partial charge in [0.1, 0.15) is 23.1 Å². The van der Waals surface area contributed by atoms with Crippen LogP contribution in [0, 0.1) is 11.3 Å². The van der Waals surface area contributed by atoms with Crippen LogP contribution in [0.15, 0.2) is 60.3 Å². The maximum Gasteiger partial charge on any atom is 0.262 e. The quantitative estimate of drug-likeness (QED) is 0.242. The van der Waals surface area contributed by atoms with Crippen LogP contribution in [-0.4, -0.2) is 48.3 Å². The van der Waals surface area contributed by atoms with E-state index in [1.807, 2.05) is 42.5 Å². The lowest BCUT2D eigenvalue weighted by Gasteiger charge is -2.10. The first kappa shape index (κ1) is 26.5. The first-order valence-corrected chi connectivity index (χ1v) is 14.2. The van der Waals surface area contributed by atoms with Gasteiger partial charge in [0.2, 0.25) is 0 Å². The molecule has 192 valence electrons. The monoisotopic (exact) mass is 538 g/mol. The van der Waals surface area contributed by atoms with Gasteiger partial charge >= 0.3 is 0 Å². The summed E-state index contributed by atoms with van der Waals surface area (Å²) in [6, 6.07) is 16.2. The average molecular weight is 539 g/mol. The molecule has 1 amide bonds. The molecular weight excluding hydrogens is 512 g/mol. The Labute approximate surface area is 221 Å². The Kier molecular flexibility index (Phi) is 8.31. The molecule has 1 unspecified atom stereocenters. The number of ether oxygens (including phenoxy) is 1. The zero-order valence-corrected chi connectivity index (χ0v) is 21.9. The third-order valence-electron chi connectivity index (χ3n) is 5.96. The van der Waals surface area contributed by atoms with Crippen LogP contribution in [0.5, 0.6) is 5.75 Å². The van der Waals surface area contributed by atoms with Gasteiger partial charge in [0.25, 0.3) is 5.91 Å². The number of aromatic nitrogens is 2. The molecule has 0 saturated carbocycles. The molecular formula is C27H27ClN4O4S. The van der Waals surface area contributed by atoms with E-state index >= 15 is 0 Å². The Morgan fingerprint density at radius 2 is 2.08 bits per heavy atom. The molecule has 1 fully saturated rings. The highest BCUT2D eigenvalue weighted by Gasteiger charge is 2.29. The van der Waals surface area contributed by atoms with Crippen molar-refractivity contribution < 1.29 is 17.9 Å². The Balaban J connectivity index is 1.69. The highest BCUT2D eigenvalue weighted by Crippen LogP contribution is 2.33. The van der Waals surface area contributed by atoms with Crippen molar-refractivity contribution in [3.05, 3.63) is 70.9 Å². The molecule has 1 aliphatic rings. The molecule has 1 atom stereocenters. The van der Waals surface area contributed by atoms with Crippen molar-refractivity contribution in [1.29, 1.82) is 5.26 Å². The molecule has 2 heterocycles. The molecule has 1 N–H and O–H groups in total. The second-order valence-corrected chi connectivity index (χ2v) is 11.4. The lowest BCUT2D eigenvalue weighted by molar-refractivity contribution is -0.117. The number of halogens is 1. The number of nitrogens with zero attached hydrogens (tertiary/aromatic N) is 3. The fourth-order valence-corrected chi connectivity index (χ4v) is 5.91. The van der Waals surface area contributed by atoms with E-state index in [1.54, 1.807) is 23.0 Å². The molecule has 0 aliphatic carbocycles. The number of hydrogen-bond donors (Lipinski definition) is 1. The molecule has 0 radical (unpaired) electrons. The highest BCUT2D eigenvalue weighted by molar-refractivity contribution is 7.91. The molecule has 1 saturated heterocycles. The van der Waals surface area contributed by atoms with Gasteiger partial charge in [-0.15, -0.1) is 0 Å². The van der Waals surface area contributed by atoms with E-state index in [4.69, 9.17) is 21.4 Å². The van der Waals surface area contributed by atoms with Crippen molar-refractivity contribution in [2.45, 2.75) is 32.2 Å². The molecule has 1 aliphatic heterocycles. The molecule has 2 aromatic carbocycles. The summed E-state index contributed by atoms with van der Waals surface area (Å²) >= 11 is 6.50. The molecule has 0 spiro atoms. The summed E-state index contributed by atoms with van der Waals surface area (Å²) in [6.45, 7) is 2.65. The minimum atomic E-state index is -3.17. The fourth-order valence-electron chi connectivity index (χ4n) is 4.00. The third kappa shape index (κ3) is 6.59. The number of carbonyl (C=O) groups excluding carboxylic acids is 1. The van der Waals surface area contributed by atoms with Crippen LogP contribution in [0.4, 0.5) is 0 Å². The van der Waals surface area contributed by atoms with Crippen molar-refractivity contribution in [1.82, 2.24) is 15.1 Å². The van der Waals surface area contributed by atoms with Crippen molar-refractivity contribution in [3.8, 4) is 28.8 Å². The predicted octanol–water partition coefficient (Wildman–Crippen LogP) is 4.58. The summed E-state index contributed by atoms with van der Waals surface area (Å²) in [6.07, 6.45) is 5.44. The van der Waals surface area contributed by atoms with Gasteiger partial charge in [-0.1, -0.05) is 43.1 Å². The largest absolute Gasteiger partial charge is 0.492 e. The molecule has 8 nitrogen and oxygen atoms in total. The highest BCUT2D eigenvalue weighted by atomic mass is 35.5. The summed E-state index contributed by atoms with van der Waals surface area (Å²) in [5.41, 5.74) is 2.39. The van der Waals surface area contributed by atoms with Gasteiger partial charge in [-0.05, 0) is 49.2 Å². The van der Waals surface area contributed by atoms with Crippen LogP contribution in [0.25, 0.3) is 23.0 Å². The number of sulfone groups is 1. The van der Waals surface area contributed by atoms with Gasteiger partial charge in [-0.2, -0.15) is 10.4 Å². The minimum Gasteiger partial charge on any atom is -0.492 e. The van der Waals surface area contributed by atoms with Gasteiger partial charge < -0.3 is 10.1 Å². The SMILES string of the molecule is CCCCOc1ccc(-c2nn(-c3ccccc3)cc2C=C(C#N)C(=O)NC2CCS(=O)(=O)C2)cc1Cl. The van der Waals surface area contributed by atoms with E-state index < -0.39 is 21.8 Å². The van der Waals surface area contributed by atoms with Gasteiger partial charge in [-0.3, -0.25) is 4.79 Å². The number of carbonyl (C=O) groups is 1. The first-order valence-electron chi connectivity index (χ1n) is 12.0. The van der Waals surface area contributed by atoms with E-state index in [1.165, 1.54) is 6.08 Å². The Morgan fingerprint density at radius 1 is 1.30 bits per heavy atom. The lowest BCUT2D eigenvalue weighted by atomic mass is 10.1. The molecule has 0 bridgehead atoms. The fraction of sp³-hybridized carbons (Fsp3) is 0.296. The minimum absolute atomic E-state index is 0.0243. The van der Waals surface area contributed by atoms with Crippen molar-refractivity contribution in [2.24, 2.45) is 0 Å². The van der Waals surface area contributed by atoms with E-state index in [0.717, 1.165) is 18.5 Å². The van der Waals surface area contributed by atoms with E-state index in [-0.39, 0.29) is 17.1 Å². The van der Waals surface area contributed by atoms with E-state index in [2.05, 4.69) is 12.2 Å². The van der Waals surface area contributed by atoms with Gasteiger partial charge in [0.05, 0.1) is 28.8 Å². The molecule has 4 rings (SSSR count). The number of unbranched alkanes of at least 4 members (excludes halogenated alkanes) is 1. The van der Waals surface area contributed by atoms with Gasteiger partial charge in [0, 0.05) is 23.4 Å². The normalized spacial score (nSPS) is 16.8. The Hall–Kier alpha value is -3.61. The maximum absolute atomic E-state index is 12.8. The molecule has 1 aromatic heterocycles. The number of hydrogen-bond acceptors (Lipinski definition) is 6. The third-order valence-corrected chi connectivity index (χ3v) is 8.02. The van der Waals surface area contributed by atoms with Crippen LogP contribution in [0.2, 0.25) is 5.02 Å². The zero-order valence-electron chi connectivity index (χ0n) is 20.4. The van der Waals surface area contributed by atoms with Crippen molar-refractivity contribution in [3.63, 3.8) is 0 Å². The second-order valence-electron chi connectivity index (χ2n) is 8.80. The second kappa shape index (κ2) is 11.6. The number of nitrogens with one attached hydrogen (secondary N) is 1.